The van der Waals surface area contributed by atoms with Crippen LogP contribution < -0.4 is 14.6 Å². The number of para-hydroxylation sites is 2. The molecule has 0 amide bonds. The summed E-state index contributed by atoms with van der Waals surface area (Å²) in [5, 5.41) is 18.5. The number of nitrogens with one attached hydrogen (secondary N) is 1. The average Bonchev–Trinajstić information content (AvgIpc) is 3.29. The number of hydrogen-bond donors (Lipinski definition) is 3. The second-order valence-corrected chi connectivity index (χ2v) is 11.1. The van der Waals surface area contributed by atoms with E-state index in [4.69, 9.17) is 14.6 Å². The second kappa shape index (κ2) is 11.5. The van der Waals surface area contributed by atoms with Crippen LogP contribution in [0.4, 0.5) is 0 Å². The number of benzene rings is 4. The van der Waals surface area contributed by atoms with Gasteiger partial charge in [0, 0.05) is 35.4 Å². The summed E-state index contributed by atoms with van der Waals surface area (Å²) < 4.78 is 35.3. The van der Waals surface area contributed by atoms with Crippen LogP contribution in [0.25, 0.3) is 21.8 Å². The largest absolute Gasteiger partial charge is 0.492 e. The summed E-state index contributed by atoms with van der Waals surface area (Å²) in [5.74, 6) is 0.981. The molecule has 4 aromatic carbocycles. The third-order valence-electron chi connectivity index (χ3n) is 6.59. The molecule has 0 aliphatic heterocycles. The van der Waals surface area contributed by atoms with Gasteiger partial charge in [-0.2, -0.15) is 0 Å². The fourth-order valence-corrected chi connectivity index (χ4v) is 5.27. The van der Waals surface area contributed by atoms with Gasteiger partial charge in [-0.1, -0.05) is 48.5 Å². The molecule has 0 spiro atoms. The number of ether oxygens (including phenoxy) is 2. The van der Waals surface area contributed by atoms with Gasteiger partial charge in [0.15, 0.2) is 0 Å². The molecule has 9 heteroatoms. The number of aromatic nitrogens is 1. The molecule has 39 heavy (non-hydrogen) atoms. The van der Waals surface area contributed by atoms with Gasteiger partial charge in [0.05, 0.1) is 11.6 Å². The maximum atomic E-state index is 11.8. The molecule has 0 aliphatic carbocycles. The van der Waals surface area contributed by atoms with Gasteiger partial charge in [-0.25, -0.2) is 13.6 Å². The topological polar surface area (TPSA) is 118 Å². The number of nitrogens with zero attached hydrogens (tertiary/aromatic N) is 1. The highest BCUT2D eigenvalue weighted by Crippen LogP contribution is 2.28. The molecule has 1 aromatic heterocycles. The Balaban J connectivity index is 1.14. The van der Waals surface area contributed by atoms with Gasteiger partial charge in [0.2, 0.25) is 10.0 Å². The second-order valence-electron chi connectivity index (χ2n) is 9.53. The lowest BCUT2D eigenvalue weighted by Gasteiger charge is -2.21. The fourth-order valence-electron chi connectivity index (χ4n) is 4.59. The minimum Gasteiger partial charge on any atom is -0.492 e. The highest BCUT2D eigenvalue weighted by Gasteiger charge is 2.15. The predicted molar refractivity (Wildman–Crippen MR) is 152 cm³/mol. The fraction of sp³-hybridized carbons (Fsp3) is 0.200. The van der Waals surface area contributed by atoms with Crippen LogP contribution in [0.3, 0.4) is 0 Å². The lowest BCUT2D eigenvalue weighted by molar-refractivity contribution is 0.117. The van der Waals surface area contributed by atoms with E-state index in [2.05, 4.69) is 23.2 Å². The van der Waals surface area contributed by atoms with Crippen molar-refractivity contribution < 1.29 is 23.0 Å². The minimum absolute atomic E-state index is 0.0636. The van der Waals surface area contributed by atoms with Gasteiger partial charge in [0.1, 0.15) is 29.6 Å². The maximum absolute atomic E-state index is 11.8. The molecule has 0 saturated heterocycles. The van der Waals surface area contributed by atoms with E-state index in [1.165, 1.54) is 16.8 Å². The summed E-state index contributed by atoms with van der Waals surface area (Å²) in [6.45, 7) is 1.67. The van der Waals surface area contributed by atoms with Crippen molar-refractivity contribution in [1.29, 1.82) is 0 Å². The van der Waals surface area contributed by atoms with Gasteiger partial charge in [-0.3, -0.25) is 0 Å². The van der Waals surface area contributed by atoms with Gasteiger partial charge in [-0.15, -0.1) is 0 Å². The number of nitrogens with two attached hydrogens (primary N) is 1. The number of fused-ring (bicyclic) bond motifs is 3. The SMILES string of the molecule is CN(CCOc1ccc2c(c1)[nH]c1ccccc12)CC(O)c1cccc(COc2ccccc2S(N)(=O)=O)c1. The van der Waals surface area contributed by atoms with Gasteiger partial charge >= 0.3 is 0 Å². The Labute approximate surface area is 227 Å². The molecule has 1 unspecified atom stereocenters. The average molecular weight is 546 g/mol. The van der Waals surface area contributed by atoms with Crippen LogP contribution in [0.15, 0.2) is 95.9 Å². The van der Waals surface area contributed by atoms with Crippen molar-refractivity contribution in [2.75, 3.05) is 26.7 Å². The van der Waals surface area contributed by atoms with Crippen LogP contribution in [-0.4, -0.2) is 50.2 Å². The first-order valence-electron chi connectivity index (χ1n) is 12.6. The number of aromatic amines is 1. The smallest absolute Gasteiger partial charge is 0.241 e. The van der Waals surface area contributed by atoms with E-state index >= 15 is 0 Å². The van der Waals surface area contributed by atoms with E-state index in [1.54, 1.807) is 18.2 Å². The monoisotopic (exact) mass is 545 g/mol. The lowest BCUT2D eigenvalue weighted by Crippen LogP contribution is -2.29. The highest BCUT2D eigenvalue weighted by molar-refractivity contribution is 7.89. The Morgan fingerprint density at radius 3 is 2.51 bits per heavy atom. The standard InChI is InChI=1S/C30H31N3O5S/c1-33(15-16-37-23-13-14-25-24-9-2-3-10-26(24)32-27(25)18-23)19-28(34)22-8-6-7-21(17-22)20-38-29-11-4-5-12-30(29)39(31,35)36/h2-14,17-18,28,32,34H,15-16,19-20H2,1H3,(H2,31,35,36). The van der Waals surface area contributed by atoms with E-state index in [-0.39, 0.29) is 17.3 Å². The van der Waals surface area contributed by atoms with Crippen molar-refractivity contribution in [2.45, 2.75) is 17.6 Å². The van der Waals surface area contributed by atoms with Crippen LogP contribution in [0, 0.1) is 0 Å². The third kappa shape index (κ3) is 6.40. The van der Waals surface area contributed by atoms with Crippen LogP contribution in [0.5, 0.6) is 11.5 Å². The molecule has 0 aliphatic rings. The van der Waals surface area contributed by atoms with Crippen molar-refractivity contribution >= 4 is 31.8 Å². The minimum atomic E-state index is -3.90. The Kier molecular flexibility index (Phi) is 7.85. The van der Waals surface area contributed by atoms with E-state index in [0.29, 0.717) is 19.7 Å². The van der Waals surface area contributed by atoms with Crippen molar-refractivity contribution in [3.63, 3.8) is 0 Å². The number of hydrogen-bond acceptors (Lipinski definition) is 6. The van der Waals surface area contributed by atoms with Crippen molar-refractivity contribution in [3.05, 3.63) is 102 Å². The van der Waals surface area contributed by atoms with Crippen molar-refractivity contribution in [3.8, 4) is 11.5 Å². The Hall–Kier alpha value is -3.89. The van der Waals surface area contributed by atoms with Crippen molar-refractivity contribution in [2.24, 2.45) is 5.14 Å². The van der Waals surface area contributed by atoms with Crippen LogP contribution in [-0.2, 0) is 16.6 Å². The highest BCUT2D eigenvalue weighted by atomic mass is 32.2. The quantitative estimate of drug-likeness (QED) is 0.223. The zero-order valence-electron chi connectivity index (χ0n) is 21.6. The first kappa shape index (κ1) is 26.7. The normalized spacial score (nSPS) is 12.7. The zero-order chi connectivity index (χ0) is 27.4. The number of rotatable bonds is 11. The number of H-pyrrole nitrogens is 1. The molecule has 8 nitrogen and oxygen atoms in total. The first-order valence-corrected chi connectivity index (χ1v) is 14.2. The molecule has 0 saturated carbocycles. The molecule has 1 heterocycles. The molecule has 5 aromatic rings. The van der Waals surface area contributed by atoms with E-state index in [0.717, 1.165) is 27.9 Å². The number of primary sulfonamides is 1. The van der Waals surface area contributed by atoms with Crippen LogP contribution in [0.2, 0.25) is 0 Å². The molecule has 202 valence electrons. The summed E-state index contributed by atoms with van der Waals surface area (Å²) in [6, 6.07) is 27.9. The first-order chi connectivity index (χ1) is 18.8. The zero-order valence-corrected chi connectivity index (χ0v) is 22.4. The molecule has 5 rings (SSSR count). The molecule has 1 atom stereocenters. The maximum Gasteiger partial charge on any atom is 0.241 e. The van der Waals surface area contributed by atoms with Crippen LogP contribution >= 0.6 is 0 Å². The van der Waals surface area contributed by atoms with Gasteiger partial charge in [0.25, 0.3) is 0 Å². The molecular formula is C30H31N3O5S. The molecule has 0 bridgehead atoms. The third-order valence-corrected chi connectivity index (χ3v) is 7.54. The summed E-state index contributed by atoms with van der Waals surface area (Å²) in [5.41, 5.74) is 3.68. The summed E-state index contributed by atoms with van der Waals surface area (Å²) in [7, 11) is -1.96. The van der Waals surface area contributed by atoms with E-state index < -0.39 is 16.1 Å². The summed E-state index contributed by atoms with van der Waals surface area (Å²) in [4.78, 5) is 5.38. The van der Waals surface area contributed by atoms with Crippen molar-refractivity contribution in [1.82, 2.24) is 9.88 Å². The van der Waals surface area contributed by atoms with Gasteiger partial charge < -0.3 is 24.5 Å². The summed E-state index contributed by atoms with van der Waals surface area (Å²) in [6.07, 6.45) is -0.714. The number of aliphatic hydroxyl groups is 1. The molecule has 0 fully saturated rings. The Morgan fingerprint density at radius 1 is 0.897 bits per heavy atom. The number of likely N-dealkylation sites (N-methyl/N-ethyl adjacent to an activating group) is 1. The summed E-state index contributed by atoms with van der Waals surface area (Å²) >= 11 is 0. The van der Waals surface area contributed by atoms with Crippen LogP contribution in [0.1, 0.15) is 17.2 Å². The Morgan fingerprint density at radius 2 is 1.67 bits per heavy atom. The van der Waals surface area contributed by atoms with E-state index in [1.807, 2.05) is 60.5 Å². The molecule has 4 N–H and O–H groups in total. The lowest BCUT2D eigenvalue weighted by atomic mass is 10.1. The van der Waals surface area contributed by atoms with Gasteiger partial charge in [-0.05, 0) is 54.6 Å². The Bertz CT molecular complexity index is 1700. The molecular weight excluding hydrogens is 514 g/mol. The number of aliphatic hydroxyl groups excluding tert-OH is 1. The predicted octanol–water partition coefficient (Wildman–Crippen LogP) is 4.59. The number of sulfonamides is 1. The van der Waals surface area contributed by atoms with E-state index in [9.17, 15) is 13.5 Å². The molecule has 0 radical (unpaired) electrons.